The van der Waals surface area contributed by atoms with Gasteiger partial charge in [0.25, 0.3) is 5.91 Å². The molecule has 0 aliphatic rings. The van der Waals surface area contributed by atoms with Crippen LogP contribution in [0.3, 0.4) is 0 Å². The van der Waals surface area contributed by atoms with E-state index in [0.717, 1.165) is 23.2 Å². The molecule has 0 fully saturated rings. The van der Waals surface area contributed by atoms with Gasteiger partial charge in [0.15, 0.2) is 0 Å². The van der Waals surface area contributed by atoms with Gasteiger partial charge in [-0.1, -0.05) is 48.1 Å². The molecule has 0 saturated heterocycles. The Bertz CT molecular complexity index is 1250. The largest absolute Gasteiger partial charge is 0.323 e. The predicted molar refractivity (Wildman–Crippen MR) is 133 cm³/mol. The Morgan fingerprint density at radius 2 is 1.30 bits per heavy atom. The second kappa shape index (κ2) is 10.1. The first kappa shape index (κ1) is 22.2. The summed E-state index contributed by atoms with van der Waals surface area (Å²) >= 11 is 1.21. The lowest BCUT2D eigenvalue weighted by molar-refractivity contribution is 0.102. The molecule has 0 radical (unpaired) electrons. The SMILES string of the molecule is CCc1ccc(NC(=O)Nc2ccc(-c3nnc(C(=O)Nc4ccc(C)cc4)s3)cc2)cc1. The molecule has 166 valence electrons. The topological polar surface area (TPSA) is 96.0 Å². The van der Waals surface area contributed by atoms with Crippen LogP contribution in [-0.2, 0) is 6.42 Å². The molecule has 0 aliphatic heterocycles. The Morgan fingerprint density at radius 1 is 0.758 bits per heavy atom. The normalized spacial score (nSPS) is 10.5. The summed E-state index contributed by atoms with van der Waals surface area (Å²) in [6.45, 7) is 4.07. The van der Waals surface area contributed by atoms with Crippen molar-refractivity contribution in [3.05, 3.63) is 88.9 Å². The monoisotopic (exact) mass is 457 g/mol. The maximum absolute atomic E-state index is 12.4. The smallest absolute Gasteiger partial charge is 0.320 e. The fraction of sp³-hybridized carbons (Fsp3) is 0.120. The number of aryl methyl sites for hydroxylation is 2. The van der Waals surface area contributed by atoms with E-state index < -0.39 is 0 Å². The van der Waals surface area contributed by atoms with E-state index in [2.05, 4.69) is 33.1 Å². The highest BCUT2D eigenvalue weighted by molar-refractivity contribution is 7.16. The van der Waals surface area contributed by atoms with Crippen molar-refractivity contribution >= 4 is 40.3 Å². The van der Waals surface area contributed by atoms with Crippen LogP contribution in [-0.4, -0.2) is 22.1 Å². The lowest BCUT2D eigenvalue weighted by Crippen LogP contribution is -2.19. The van der Waals surface area contributed by atoms with Gasteiger partial charge in [-0.3, -0.25) is 4.79 Å². The van der Waals surface area contributed by atoms with Gasteiger partial charge in [0.1, 0.15) is 5.01 Å². The van der Waals surface area contributed by atoms with Crippen molar-refractivity contribution < 1.29 is 9.59 Å². The van der Waals surface area contributed by atoms with Crippen LogP contribution in [0.5, 0.6) is 0 Å². The number of benzene rings is 3. The first-order chi connectivity index (χ1) is 16.0. The van der Waals surface area contributed by atoms with Crippen molar-refractivity contribution in [2.75, 3.05) is 16.0 Å². The van der Waals surface area contributed by atoms with Crippen molar-refractivity contribution in [3.63, 3.8) is 0 Å². The third kappa shape index (κ3) is 5.81. The van der Waals surface area contributed by atoms with E-state index in [1.54, 1.807) is 12.1 Å². The highest BCUT2D eigenvalue weighted by atomic mass is 32.1. The van der Waals surface area contributed by atoms with Gasteiger partial charge in [-0.2, -0.15) is 0 Å². The van der Waals surface area contributed by atoms with Crippen molar-refractivity contribution in [1.82, 2.24) is 10.2 Å². The van der Waals surface area contributed by atoms with E-state index >= 15 is 0 Å². The number of amides is 3. The molecule has 4 aromatic rings. The predicted octanol–water partition coefficient (Wildman–Crippen LogP) is 5.97. The first-order valence-electron chi connectivity index (χ1n) is 10.5. The summed E-state index contributed by atoms with van der Waals surface area (Å²) in [5.41, 5.74) is 5.21. The summed E-state index contributed by atoms with van der Waals surface area (Å²) in [4.78, 5) is 24.7. The number of rotatable bonds is 6. The number of nitrogens with zero attached hydrogens (tertiary/aromatic N) is 2. The van der Waals surface area contributed by atoms with Gasteiger partial charge in [-0.05, 0) is 67.4 Å². The van der Waals surface area contributed by atoms with Gasteiger partial charge in [-0.25, -0.2) is 4.79 Å². The minimum Gasteiger partial charge on any atom is -0.320 e. The number of carbonyl (C=O) groups excluding carboxylic acids is 2. The molecule has 0 aliphatic carbocycles. The highest BCUT2D eigenvalue weighted by Crippen LogP contribution is 2.25. The third-order valence-electron chi connectivity index (χ3n) is 4.94. The Balaban J connectivity index is 1.35. The molecule has 33 heavy (non-hydrogen) atoms. The maximum Gasteiger partial charge on any atom is 0.323 e. The molecule has 3 N–H and O–H groups in total. The van der Waals surface area contributed by atoms with Gasteiger partial charge < -0.3 is 16.0 Å². The summed E-state index contributed by atoms with van der Waals surface area (Å²) in [5, 5.41) is 17.5. The Hall–Kier alpha value is -4.04. The molecule has 0 atom stereocenters. The van der Waals surface area contributed by atoms with Crippen molar-refractivity contribution in [2.45, 2.75) is 20.3 Å². The lowest BCUT2D eigenvalue weighted by atomic mass is 10.1. The van der Waals surface area contributed by atoms with Crippen molar-refractivity contribution in [2.24, 2.45) is 0 Å². The molecule has 4 rings (SSSR count). The highest BCUT2D eigenvalue weighted by Gasteiger charge is 2.14. The summed E-state index contributed by atoms with van der Waals surface area (Å²) in [7, 11) is 0. The quantitative estimate of drug-likeness (QED) is 0.332. The van der Waals surface area contributed by atoms with E-state index in [1.807, 2.05) is 67.6 Å². The number of urea groups is 1. The molecule has 0 saturated carbocycles. The average Bonchev–Trinajstić information content (AvgIpc) is 3.32. The average molecular weight is 458 g/mol. The zero-order valence-electron chi connectivity index (χ0n) is 18.3. The van der Waals surface area contributed by atoms with Crippen LogP contribution in [0.25, 0.3) is 10.6 Å². The standard InChI is InChI=1S/C25H23N5O2S/c1-3-17-6-12-20(13-7-17)27-25(32)28-21-14-8-18(9-15-21)23-29-30-24(33-23)22(31)26-19-10-4-16(2)5-11-19/h4-15H,3H2,1-2H3,(H,26,31)(H2,27,28,32). The molecule has 7 nitrogen and oxygen atoms in total. The number of carbonyl (C=O) groups is 2. The van der Waals surface area contributed by atoms with Crippen LogP contribution in [0.4, 0.5) is 21.9 Å². The molecule has 1 aromatic heterocycles. The number of aromatic nitrogens is 2. The lowest BCUT2D eigenvalue weighted by Gasteiger charge is -2.08. The maximum atomic E-state index is 12.4. The van der Waals surface area contributed by atoms with E-state index in [1.165, 1.54) is 16.9 Å². The zero-order chi connectivity index (χ0) is 23.2. The second-order valence-corrected chi connectivity index (χ2v) is 8.42. The molecule has 8 heteroatoms. The second-order valence-electron chi connectivity index (χ2n) is 7.44. The third-order valence-corrected chi connectivity index (χ3v) is 5.91. The van der Waals surface area contributed by atoms with Crippen LogP contribution in [0.15, 0.2) is 72.8 Å². The van der Waals surface area contributed by atoms with Gasteiger partial charge >= 0.3 is 6.03 Å². The Kier molecular flexibility index (Phi) is 6.75. The Labute approximate surface area is 195 Å². The first-order valence-corrected chi connectivity index (χ1v) is 11.3. The zero-order valence-corrected chi connectivity index (χ0v) is 19.1. The Morgan fingerprint density at radius 3 is 1.91 bits per heavy atom. The number of hydrogen-bond donors (Lipinski definition) is 3. The number of hydrogen-bond acceptors (Lipinski definition) is 5. The molecule has 0 spiro atoms. The van der Waals surface area contributed by atoms with E-state index in [0.29, 0.717) is 16.4 Å². The van der Waals surface area contributed by atoms with Gasteiger partial charge in [-0.15, -0.1) is 10.2 Å². The number of nitrogens with one attached hydrogen (secondary N) is 3. The molecular formula is C25H23N5O2S. The van der Waals surface area contributed by atoms with E-state index in [4.69, 9.17) is 0 Å². The van der Waals surface area contributed by atoms with Crippen LogP contribution >= 0.6 is 11.3 Å². The summed E-state index contributed by atoms with van der Waals surface area (Å²) in [5.74, 6) is -0.301. The van der Waals surface area contributed by atoms with Crippen LogP contribution in [0.1, 0.15) is 27.9 Å². The van der Waals surface area contributed by atoms with E-state index in [-0.39, 0.29) is 16.9 Å². The summed E-state index contributed by atoms with van der Waals surface area (Å²) in [6, 6.07) is 22.2. The molecular weight excluding hydrogens is 434 g/mol. The van der Waals surface area contributed by atoms with Crippen molar-refractivity contribution in [3.8, 4) is 10.6 Å². The van der Waals surface area contributed by atoms with Crippen LogP contribution < -0.4 is 16.0 Å². The molecule has 1 heterocycles. The number of anilines is 3. The molecule has 3 amide bonds. The minimum atomic E-state index is -0.321. The molecule has 0 bridgehead atoms. The van der Waals surface area contributed by atoms with Gasteiger partial charge in [0.2, 0.25) is 5.01 Å². The molecule has 0 unspecified atom stereocenters. The summed E-state index contributed by atoms with van der Waals surface area (Å²) < 4.78 is 0. The van der Waals surface area contributed by atoms with Gasteiger partial charge in [0, 0.05) is 22.6 Å². The fourth-order valence-corrected chi connectivity index (χ4v) is 3.81. The fourth-order valence-electron chi connectivity index (χ4n) is 3.07. The molecule has 3 aromatic carbocycles. The van der Waals surface area contributed by atoms with Gasteiger partial charge in [0.05, 0.1) is 0 Å². The summed E-state index contributed by atoms with van der Waals surface area (Å²) in [6.07, 6.45) is 0.951. The van der Waals surface area contributed by atoms with Crippen LogP contribution in [0, 0.1) is 6.92 Å². The van der Waals surface area contributed by atoms with Crippen molar-refractivity contribution in [1.29, 1.82) is 0 Å². The van der Waals surface area contributed by atoms with E-state index in [9.17, 15) is 9.59 Å². The minimum absolute atomic E-state index is 0.279. The van der Waals surface area contributed by atoms with Crippen LogP contribution in [0.2, 0.25) is 0 Å².